The van der Waals surface area contributed by atoms with E-state index >= 15 is 0 Å². The van der Waals surface area contributed by atoms with E-state index in [0.29, 0.717) is 25.1 Å². The van der Waals surface area contributed by atoms with Crippen LogP contribution in [-0.4, -0.2) is 35.7 Å². The van der Waals surface area contributed by atoms with Crippen molar-refractivity contribution in [1.29, 1.82) is 0 Å². The summed E-state index contributed by atoms with van der Waals surface area (Å²) in [6, 6.07) is 21.2. The number of halogens is 1. The molecule has 0 aliphatic heterocycles. The Labute approximate surface area is 198 Å². The molecule has 1 aromatic heterocycles. The third-order valence-corrected chi connectivity index (χ3v) is 5.58. The van der Waals surface area contributed by atoms with Crippen LogP contribution in [0.4, 0.5) is 4.39 Å². The van der Waals surface area contributed by atoms with E-state index in [1.807, 2.05) is 42.5 Å². The van der Waals surface area contributed by atoms with Gasteiger partial charge in [-0.3, -0.25) is 4.79 Å². The summed E-state index contributed by atoms with van der Waals surface area (Å²) in [5, 5.41) is 2.90. The average molecular weight is 462 g/mol. The van der Waals surface area contributed by atoms with Crippen LogP contribution in [0.1, 0.15) is 29.0 Å². The number of hydrogen-bond donors (Lipinski definition) is 1. The van der Waals surface area contributed by atoms with Gasteiger partial charge in [-0.25, -0.2) is 9.37 Å². The zero-order valence-electron chi connectivity index (χ0n) is 19.2. The third kappa shape index (κ3) is 5.73. The van der Waals surface area contributed by atoms with Crippen molar-refractivity contribution in [2.45, 2.75) is 25.8 Å². The molecule has 0 atom stereocenters. The summed E-state index contributed by atoms with van der Waals surface area (Å²) < 4.78 is 26.5. The Hall–Kier alpha value is -3.87. The maximum Gasteiger partial charge on any atom is 0.251 e. The van der Waals surface area contributed by atoms with Crippen molar-refractivity contribution in [3.63, 3.8) is 0 Å². The molecule has 0 bridgehead atoms. The van der Waals surface area contributed by atoms with E-state index in [0.717, 1.165) is 47.7 Å². The molecule has 0 saturated heterocycles. The lowest BCUT2D eigenvalue weighted by molar-refractivity contribution is 0.0954. The summed E-state index contributed by atoms with van der Waals surface area (Å²) in [7, 11) is 1.63. The van der Waals surface area contributed by atoms with Crippen LogP contribution in [0, 0.1) is 5.82 Å². The number of methoxy groups -OCH3 is 1. The van der Waals surface area contributed by atoms with E-state index < -0.39 is 0 Å². The largest absolute Gasteiger partial charge is 0.493 e. The molecule has 0 saturated carbocycles. The second-order valence-electron chi connectivity index (χ2n) is 7.89. The lowest BCUT2D eigenvalue weighted by Gasteiger charge is -2.12. The summed E-state index contributed by atoms with van der Waals surface area (Å²) in [5.41, 5.74) is 2.45. The maximum absolute atomic E-state index is 13.1. The number of hydrogen-bond acceptors (Lipinski definition) is 4. The molecule has 176 valence electrons. The minimum Gasteiger partial charge on any atom is -0.493 e. The van der Waals surface area contributed by atoms with Gasteiger partial charge in [0.25, 0.3) is 5.91 Å². The van der Waals surface area contributed by atoms with Gasteiger partial charge in [0, 0.05) is 25.1 Å². The highest BCUT2D eigenvalue weighted by molar-refractivity contribution is 5.94. The number of unbranched alkanes of at least 4 members (excludes halogenated alkanes) is 1. The zero-order valence-corrected chi connectivity index (χ0v) is 19.2. The van der Waals surface area contributed by atoms with Gasteiger partial charge in [-0.2, -0.15) is 0 Å². The molecule has 0 radical (unpaired) electrons. The van der Waals surface area contributed by atoms with Crippen LogP contribution < -0.4 is 14.8 Å². The summed E-state index contributed by atoms with van der Waals surface area (Å²) in [4.78, 5) is 17.1. The molecular weight excluding hydrogens is 433 g/mol. The van der Waals surface area contributed by atoms with Crippen LogP contribution in [0.3, 0.4) is 0 Å². The Morgan fingerprint density at radius 3 is 2.50 bits per heavy atom. The normalized spacial score (nSPS) is 10.9. The van der Waals surface area contributed by atoms with Crippen molar-refractivity contribution in [2.24, 2.45) is 0 Å². The minimum absolute atomic E-state index is 0.226. The molecule has 7 heteroatoms. The summed E-state index contributed by atoms with van der Waals surface area (Å²) in [6.45, 7) is 1.84. The van der Waals surface area contributed by atoms with Crippen LogP contribution >= 0.6 is 0 Å². The van der Waals surface area contributed by atoms with Crippen LogP contribution in [0.2, 0.25) is 0 Å². The Morgan fingerprint density at radius 1 is 0.971 bits per heavy atom. The molecule has 0 aliphatic rings. The minimum atomic E-state index is -0.362. The van der Waals surface area contributed by atoms with Gasteiger partial charge in [-0.05, 0) is 61.4 Å². The molecular formula is C27H28FN3O3. The lowest BCUT2D eigenvalue weighted by Crippen LogP contribution is -2.26. The number of nitrogens with one attached hydrogen (secondary N) is 1. The highest BCUT2D eigenvalue weighted by atomic mass is 19.1. The number of carbonyl (C=O) groups excluding carboxylic acids is 1. The van der Waals surface area contributed by atoms with Gasteiger partial charge in [-0.15, -0.1) is 0 Å². The van der Waals surface area contributed by atoms with Gasteiger partial charge in [0.1, 0.15) is 11.6 Å². The van der Waals surface area contributed by atoms with Gasteiger partial charge in [0.15, 0.2) is 11.5 Å². The van der Waals surface area contributed by atoms with Crippen molar-refractivity contribution < 1.29 is 18.7 Å². The first-order chi connectivity index (χ1) is 16.7. The van der Waals surface area contributed by atoms with Crippen LogP contribution in [0.5, 0.6) is 11.5 Å². The molecule has 1 heterocycles. The van der Waals surface area contributed by atoms with E-state index in [1.54, 1.807) is 7.11 Å². The molecule has 0 aliphatic carbocycles. The van der Waals surface area contributed by atoms with Crippen LogP contribution in [-0.2, 0) is 13.0 Å². The summed E-state index contributed by atoms with van der Waals surface area (Å²) in [6.07, 6.45) is 2.40. The average Bonchev–Trinajstić information content (AvgIpc) is 3.21. The first kappa shape index (κ1) is 23.3. The van der Waals surface area contributed by atoms with Gasteiger partial charge >= 0.3 is 0 Å². The zero-order chi connectivity index (χ0) is 23.8. The van der Waals surface area contributed by atoms with E-state index in [1.165, 1.54) is 24.3 Å². The number of benzene rings is 3. The first-order valence-electron chi connectivity index (χ1n) is 11.4. The SMILES string of the molecule is COc1ccccc1OCCCCn1c(CCNC(=O)c2ccc(F)cc2)nc2ccccc21. The Balaban J connectivity index is 1.33. The van der Waals surface area contributed by atoms with E-state index in [4.69, 9.17) is 14.5 Å². The molecule has 3 aromatic carbocycles. The predicted molar refractivity (Wildman–Crippen MR) is 130 cm³/mol. The monoisotopic (exact) mass is 461 g/mol. The second-order valence-corrected chi connectivity index (χ2v) is 7.89. The highest BCUT2D eigenvalue weighted by Crippen LogP contribution is 2.26. The topological polar surface area (TPSA) is 65.4 Å². The van der Waals surface area contributed by atoms with Crippen molar-refractivity contribution in [3.05, 3.63) is 90.0 Å². The molecule has 6 nitrogen and oxygen atoms in total. The fourth-order valence-corrected chi connectivity index (χ4v) is 3.85. The summed E-state index contributed by atoms with van der Waals surface area (Å²) >= 11 is 0. The second kappa shape index (κ2) is 11.3. The van der Waals surface area contributed by atoms with Crippen molar-refractivity contribution in [2.75, 3.05) is 20.3 Å². The first-order valence-corrected chi connectivity index (χ1v) is 11.4. The number of amides is 1. The van der Waals surface area contributed by atoms with Crippen LogP contribution in [0.15, 0.2) is 72.8 Å². The summed E-state index contributed by atoms with van der Waals surface area (Å²) in [5.74, 6) is 1.81. The Kier molecular flexibility index (Phi) is 7.75. The molecule has 0 spiro atoms. The number of para-hydroxylation sites is 4. The van der Waals surface area contributed by atoms with E-state index in [2.05, 4.69) is 16.0 Å². The molecule has 0 unspecified atom stereocenters. The molecule has 4 rings (SSSR count). The van der Waals surface area contributed by atoms with Gasteiger partial charge in [0.05, 0.1) is 24.8 Å². The fraction of sp³-hybridized carbons (Fsp3) is 0.259. The quantitative estimate of drug-likeness (QED) is 0.319. The van der Waals surface area contributed by atoms with Gasteiger partial charge < -0.3 is 19.4 Å². The highest BCUT2D eigenvalue weighted by Gasteiger charge is 2.12. The van der Waals surface area contributed by atoms with Crippen molar-refractivity contribution in [1.82, 2.24) is 14.9 Å². The molecule has 4 aromatic rings. The number of fused-ring (bicyclic) bond motifs is 1. The van der Waals surface area contributed by atoms with Crippen LogP contribution in [0.25, 0.3) is 11.0 Å². The predicted octanol–water partition coefficient (Wildman–Crippen LogP) is 5.02. The Bertz CT molecular complexity index is 1240. The molecule has 34 heavy (non-hydrogen) atoms. The number of aromatic nitrogens is 2. The smallest absolute Gasteiger partial charge is 0.251 e. The van der Waals surface area contributed by atoms with Crippen molar-refractivity contribution in [3.8, 4) is 11.5 Å². The number of nitrogens with zero attached hydrogens (tertiary/aromatic N) is 2. The van der Waals surface area contributed by atoms with E-state index in [9.17, 15) is 9.18 Å². The molecule has 1 amide bonds. The number of imidazole rings is 1. The standard InChI is InChI=1S/C27H28FN3O3/c1-33-24-10-4-5-11-25(24)34-19-7-6-18-31-23-9-3-2-8-22(23)30-26(31)16-17-29-27(32)20-12-14-21(28)15-13-20/h2-5,8-15H,6-7,16-19H2,1H3,(H,29,32). The van der Waals surface area contributed by atoms with Gasteiger partial charge in [0.2, 0.25) is 0 Å². The number of carbonyl (C=O) groups is 1. The maximum atomic E-state index is 13.1. The third-order valence-electron chi connectivity index (χ3n) is 5.58. The van der Waals surface area contributed by atoms with E-state index in [-0.39, 0.29) is 11.7 Å². The van der Waals surface area contributed by atoms with Crippen molar-refractivity contribution >= 4 is 16.9 Å². The fourth-order valence-electron chi connectivity index (χ4n) is 3.85. The Morgan fingerprint density at radius 2 is 1.71 bits per heavy atom. The number of aryl methyl sites for hydroxylation is 1. The van der Waals surface area contributed by atoms with Gasteiger partial charge in [-0.1, -0.05) is 24.3 Å². The molecule has 1 N–H and O–H groups in total. The molecule has 0 fully saturated rings. The number of ether oxygens (including phenoxy) is 2. The number of rotatable bonds is 11. The lowest BCUT2D eigenvalue weighted by atomic mass is 10.2.